The molecule has 0 bridgehead atoms. The Morgan fingerprint density at radius 1 is 1.06 bits per heavy atom. The molecule has 1 saturated carbocycles. The van der Waals surface area contributed by atoms with Crippen molar-refractivity contribution in [1.29, 1.82) is 0 Å². The van der Waals surface area contributed by atoms with Gasteiger partial charge in [-0.05, 0) is 42.2 Å². The average molecular weight is 246 g/mol. The Hall–Kier alpha value is -0.820. The predicted octanol–water partition coefficient (Wildman–Crippen LogP) is 4.12. The van der Waals surface area contributed by atoms with Crippen molar-refractivity contribution >= 4 is 0 Å². The van der Waals surface area contributed by atoms with Gasteiger partial charge in [0.2, 0.25) is 0 Å². The summed E-state index contributed by atoms with van der Waals surface area (Å²) in [7, 11) is 0. The highest BCUT2D eigenvalue weighted by atomic mass is 16.3. The Labute approximate surface area is 111 Å². The minimum Gasteiger partial charge on any atom is -0.390 e. The molecule has 0 spiro atoms. The van der Waals surface area contributed by atoms with E-state index in [0.29, 0.717) is 0 Å². The summed E-state index contributed by atoms with van der Waals surface area (Å²) in [5.41, 5.74) is 2.44. The molecule has 1 heteroatoms. The van der Waals surface area contributed by atoms with Gasteiger partial charge in [-0.1, -0.05) is 51.5 Å². The van der Waals surface area contributed by atoms with Gasteiger partial charge >= 0.3 is 0 Å². The fourth-order valence-electron chi connectivity index (χ4n) is 3.39. The molecule has 2 rings (SSSR count). The number of aryl methyl sites for hydroxylation is 1. The van der Waals surface area contributed by atoms with Crippen LogP contribution in [0, 0.1) is 5.41 Å². The van der Waals surface area contributed by atoms with Gasteiger partial charge in [0.05, 0.1) is 5.60 Å². The van der Waals surface area contributed by atoms with Gasteiger partial charge in [-0.2, -0.15) is 0 Å². The molecule has 1 aliphatic rings. The van der Waals surface area contributed by atoms with Crippen molar-refractivity contribution in [3.63, 3.8) is 0 Å². The Kier molecular flexibility index (Phi) is 3.82. The van der Waals surface area contributed by atoms with Crippen LogP contribution in [-0.2, 0) is 12.8 Å². The number of hydrogen-bond donors (Lipinski definition) is 1. The maximum Gasteiger partial charge on any atom is 0.0693 e. The largest absolute Gasteiger partial charge is 0.390 e. The van der Waals surface area contributed by atoms with Crippen LogP contribution in [0.3, 0.4) is 0 Å². The lowest BCUT2D eigenvalue weighted by Gasteiger charge is -2.41. The summed E-state index contributed by atoms with van der Waals surface area (Å²) in [6, 6.07) is 8.73. The van der Waals surface area contributed by atoms with Gasteiger partial charge in [-0.25, -0.2) is 0 Å². The van der Waals surface area contributed by atoms with Crippen LogP contribution < -0.4 is 0 Å². The number of rotatable bonds is 3. The zero-order valence-corrected chi connectivity index (χ0v) is 12.0. The van der Waals surface area contributed by atoms with Crippen LogP contribution in [-0.4, -0.2) is 10.7 Å². The molecule has 18 heavy (non-hydrogen) atoms. The smallest absolute Gasteiger partial charge is 0.0693 e. The van der Waals surface area contributed by atoms with Gasteiger partial charge in [0, 0.05) is 6.42 Å². The highest BCUT2D eigenvalue weighted by Crippen LogP contribution is 2.42. The minimum atomic E-state index is -0.491. The van der Waals surface area contributed by atoms with Crippen molar-refractivity contribution in [2.45, 2.75) is 64.9 Å². The SMILES string of the molecule is CCc1ccc(CC2(O)CCCC(C)(C)C2)cc1. The molecule has 1 fully saturated rings. The normalized spacial score (nSPS) is 27.1. The first-order valence-corrected chi connectivity index (χ1v) is 7.23. The second-order valence-corrected chi connectivity index (χ2v) is 6.77. The highest BCUT2D eigenvalue weighted by Gasteiger charge is 2.38. The molecule has 1 aromatic carbocycles. The van der Waals surface area contributed by atoms with E-state index in [4.69, 9.17) is 0 Å². The standard InChI is InChI=1S/C17H26O/c1-4-14-6-8-15(9-7-14)12-17(18)11-5-10-16(2,3)13-17/h6-9,18H,4-5,10-13H2,1-3H3. The summed E-state index contributed by atoms with van der Waals surface area (Å²) in [6.45, 7) is 6.72. The third-order valence-corrected chi connectivity index (χ3v) is 4.27. The maximum atomic E-state index is 10.8. The van der Waals surface area contributed by atoms with E-state index in [-0.39, 0.29) is 5.41 Å². The summed E-state index contributed by atoms with van der Waals surface area (Å²) in [5.74, 6) is 0. The molecule has 0 radical (unpaired) electrons. The van der Waals surface area contributed by atoms with E-state index in [9.17, 15) is 5.11 Å². The lowest BCUT2D eigenvalue weighted by atomic mass is 9.68. The molecule has 1 aliphatic carbocycles. The molecule has 1 atom stereocenters. The van der Waals surface area contributed by atoms with Crippen LogP contribution in [0.15, 0.2) is 24.3 Å². The van der Waals surface area contributed by atoms with Crippen molar-refractivity contribution in [1.82, 2.24) is 0 Å². The van der Waals surface area contributed by atoms with Crippen molar-refractivity contribution in [3.8, 4) is 0 Å². The Morgan fingerprint density at radius 2 is 1.67 bits per heavy atom. The number of benzene rings is 1. The van der Waals surface area contributed by atoms with E-state index in [1.165, 1.54) is 17.5 Å². The van der Waals surface area contributed by atoms with Crippen LogP contribution in [0.1, 0.15) is 57.6 Å². The molecular weight excluding hydrogens is 220 g/mol. The van der Waals surface area contributed by atoms with Gasteiger partial charge in [-0.15, -0.1) is 0 Å². The lowest BCUT2D eigenvalue weighted by Crippen LogP contribution is -2.40. The van der Waals surface area contributed by atoms with Crippen molar-refractivity contribution in [2.75, 3.05) is 0 Å². The molecule has 0 aliphatic heterocycles. The highest BCUT2D eigenvalue weighted by molar-refractivity contribution is 5.24. The molecular formula is C17H26O. The predicted molar refractivity (Wildman–Crippen MR) is 76.7 cm³/mol. The molecule has 1 nitrogen and oxygen atoms in total. The summed E-state index contributed by atoms with van der Waals surface area (Å²) < 4.78 is 0. The Balaban J connectivity index is 2.07. The third-order valence-electron chi connectivity index (χ3n) is 4.27. The molecule has 0 saturated heterocycles. The average Bonchev–Trinajstić information content (AvgIpc) is 2.27. The lowest BCUT2D eigenvalue weighted by molar-refractivity contribution is -0.0382. The maximum absolute atomic E-state index is 10.8. The summed E-state index contributed by atoms with van der Waals surface area (Å²) >= 11 is 0. The van der Waals surface area contributed by atoms with Crippen LogP contribution in [0.2, 0.25) is 0 Å². The summed E-state index contributed by atoms with van der Waals surface area (Å²) in [4.78, 5) is 0. The Morgan fingerprint density at radius 3 is 2.22 bits per heavy atom. The topological polar surface area (TPSA) is 20.2 Å². The first-order chi connectivity index (χ1) is 8.42. The van der Waals surface area contributed by atoms with E-state index in [1.54, 1.807) is 0 Å². The van der Waals surface area contributed by atoms with E-state index in [0.717, 1.165) is 32.1 Å². The number of hydrogen-bond acceptors (Lipinski definition) is 1. The molecule has 0 amide bonds. The molecule has 0 aromatic heterocycles. The first-order valence-electron chi connectivity index (χ1n) is 7.23. The molecule has 0 heterocycles. The van der Waals surface area contributed by atoms with Crippen LogP contribution in [0.5, 0.6) is 0 Å². The van der Waals surface area contributed by atoms with Gasteiger partial charge < -0.3 is 5.11 Å². The van der Waals surface area contributed by atoms with Crippen LogP contribution in [0.4, 0.5) is 0 Å². The molecule has 100 valence electrons. The second kappa shape index (κ2) is 5.05. The van der Waals surface area contributed by atoms with Gasteiger partial charge in [-0.3, -0.25) is 0 Å². The fourth-order valence-corrected chi connectivity index (χ4v) is 3.39. The zero-order valence-electron chi connectivity index (χ0n) is 12.0. The monoisotopic (exact) mass is 246 g/mol. The summed E-state index contributed by atoms with van der Waals surface area (Å²) in [5, 5.41) is 10.8. The van der Waals surface area contributed by atoms with Gasteiger partial charge in [0.1, 0.15) is 0 Å². The zero-order chi connectivity index (χ0) is 13.2. The minimum absolute atomic E-state index is 0.288. The van der Waals surface area contributed by atoms with Gasteiger partial charge in [0.25, 0.3) is 0 Å². The third kappa shape index (κ3) is 3.35. The van der Waals surface area contributed by atoms with Gasteiger partial charge in [0.15, 0.2) is 0 Å². The van der Waals surface area contributed by atoms with E-state index >= 15 is 0 Å². The summed E-state index contributed by atoms with van der Waals surface area (Å²) in [6.07, 6.45) is 6.15. The number of aliphatic hydroxyl groups is 1. The molecule has 1 unspecified atom stereocenters. The van der Waals surface area contributed by atoms with E-state index < -0.39 is 5.60 Å². The Bertz CT molecular complexity index is 391. The first kappa shape index (κ1) is 13.6. The van der Waals surface area contributed by atoms with Crippen molar-refractivity contribution < 1.29 is 5.11 Å². The van der Waals surface area contributed by atoms with Crippen molar-refractivity contribution in [3.05, 3.63) is 35.4 Å². The molecule has 1 aromatic rings. The van der Waals surface area contributed by atoms with Crippen LogP contribution in [0.25, 0.3) is 0 Å². The van der Waals surface area contributed by atoms with Crippen molar-refractivity contribution in [2.24, 2.45) is 5.41 Å². The fraction of sp³-hybridized carbons (Fsp3) is 0.647. The van der Waals surface area contributed by atoms with Crippen LogP contribution >= 0.6 is 0 Å². The van der Waals surface area contributed by atoms with E-state index in [2.05, 4.69) is 45.0 Å². The van der Waals surface area contributed by atoms with E-state index in [1.807, 2.05) is 0 Å². The quantitative estimate of drug-likeness (QED) is 0.850. The molecule has 1 N–H and O–H groups in total. The second-order valence-electron chi connectivity index (χ2n) is 6.77.